The number of likely N-dealkylation sites (N-methyl/N-ethyl adjacent to an activating group) is 1. The maximum atomic E-state index is 14.2. The first-order chi connectivity index (χ1) is 17.0. The summed E-state index contributed by atoms with van der Waals surface area (Å²) in [6.45, 7) is 5.56. The number of carbonyl (C=O) groups excluding carboxylic acids is 2. The van der Waals surface area contributed by atoms with E-state index in [1.807, 2.05) is 61.0 Å². The number of carbonyl (C=O) groups is 2. The van der Waals surface area contributed by atoms with Crippen LogP contribution in [0.4, 0.5) is 0 Å². The van der Waals surface area contributed by atoms with Crippen LogP contribution in [0.1, 0.15) is 85.0 Å². The lowest BCUT2D eigenvalue weighted by Gasteiger charge is -2.47. The molecule has 2 aliphatic heterocycles. The molecule has 2 unspecified atom stereocenters. The van der Waals surface area contributed by atoms with Gasteiger partial charge in [-0.05, 0) is 68.0 Å². The third-order valence-corrected chi connectivity index (χ3v) is 7.92. The smallest absolute Gasteiger partial charge is 0.254 e. The van der Waals surface area contributed by atoms with Crippen LogP contribution in [-0.2, 0) is 11.2 Å². The minimum Gasteiger partial charge on any atom is -0.490 e. The van der Waals surface area contributed by atoms with Crippen molar-refractivity contribution in [2.24, 2.45) is 0 Å². The van der Waals surface area contributed by atoms with Crippen molar-refractivity contribution in [2.75, 3.05) is 26.8 Å². The molecule has 35 heavy (non-hydrogen) atoms. The van der Waals surface area contributed by atoms with Crippen molar-refractivity contribution < 1.29 is 19.1 Å². The molecule has 2 aromatic carbocycles. The SMILES string of the molecule is CCOc1cc2c(cc1OCC)C1C(C(=O)N(C)C3CCCCC3)c3ccccc3C(=O)N1CC2. The van der Waals surface area contributed by atoms with Gasteiger partial charge in [-0.15, -0.1) is 0 Å². The first kappa shape index (κ1) is 23.7. The molecule has 2 heterocycles. The summed E-state index contributed by atoms with van der Waals surface area (Å²) in [6.07, 6.45) is 6.40. The molecular weight excluding hydrogens is 440 g/mol. The zero-order chi connectivity index (χ0) is 24.5. The van der Waals surface area contributed by atoms with Gasteiger partial charge in [0.1, 0.15) is 0 Å². The second kappa shape index (κ2) is 9.92. The molecule has 0 bridgehead atoms. The normalized spacial score (nSPS) is 21.6. The highest BCUT2D eigenvalue weighted by atomic mass is 16.5. The lowest BCUT2D eigenvalue weighted by molar-refractivity contribution is -0.136. The summed E-state index contributed by atoms with van der Waals surface area (Å²) >= 11 is 0. The van der Waals surface area contributed by atoms with Gasteiger partial charge >= 0.3 is 0 Å². The second-order valence-electron chi connectivity index (χ2n) is 9.86. The van der Waals surface area contributed by atoms with Crippen LogP contribution in [0.2, 0.25) is 0 Å². The fourth-order valence-corrected chi connectivity index (χ4v) is 6.20. The van der Waals surface area contributed by atoms with Crippen molar-refractivity contribution in [1.29, 1.82) is 0 Å². The number of nitrogens with zero attached hydrogens (tertiary/aromatic N) is 2. The molecule has 5 rings (SSSR count). The predicted molar refractivity (Wildman–Crippen MR) is 135 cm³/mol. The third-order valence-electron chi connectivity index (χ3n) is 7.92. The molecule has 1 saturated carbocycles. The van der Waals surface area contributed by atoms with Crippen LogP contribution < -0.4 is 9.47 Å². The van der Waals surface area contributed by atoms with Gasteiger partial charge < -0.3 is 19.3 Å². The Morgan fingerprint density at radius 1 is 1.00 bits per heavy atom. The van der Waals surface area contributed by atoms with Crippen molar-refractivity contribution in [3.8, 4) is 11.5 Å². The van der Waals surface area contributed by atoms with Gasteiger partial charge in [0.25, 0.3) is 5.91 Å². The van der Waals surface area contributed by atoms with Crippen molar-refractivity contribution in [1.82, 2.24) is 9.80 Å². The quantitative estimate of drug-likeness (QED) is 0.581. The van der Waals surface area contributed by atoms with Crippen LogP contribution >= 0.6 is 0 Å². The molecule has 0 radical (unpaired) electrons. The van der Waals surface area contributed by atoms with Gasteiger partial charge in [-0.1, -0.05) is 37.5 Å². The highest BCUT2D eigenvalue weighted by molar-refractivity contribution is 6.01. The molecule has 6 nitrogen and oxygen atoms in total. The number of fused-ring (bicyclic) bond motifs is 4. The lowest BCUT2D eigenvalue weighted by atomic mass is 9.75. The van der Waals surface area contributed by atoms with E-state index < -0.39 is 5.92 Å². The van der Waals surface area contributed by atoms with Crippen LogP contribution in [0.3, 0.4) is 0 Å². The van der Waals surface area contributed by atoms with Gasteiger partial charge in [-0.25, -0.2) is 0 Å². The molecule has 0 saturated heterocycles. The molecule has 186 valence electrons. The van der Waals surface area contributed by atoms with Crippen LogP contribution in [0.15, 0.2) is 36.4 Å². The van der Waals surface area contributed by atoms with E-state index in [1.54, 1.807) is 0 Å². The summed E-state index contributed by atoms with van der Waals surface area (Å²) in [5, 5.41) is 0. The molecule has 2 aromatic rings. The molecule has 1 aliphatic carbocycles. The first-order valence-corrected chi connectivity index (χ1v) is 13.1. The van der Waals surface area contributed by atoms with Gasteiger partial charge in [-0.2, -0.15) is 0 Å². The zero-order valence-electron chi connectivity index (χ0n) is 21.1. The Labute approximate surface area is 208 Å². The number of hydrogen-bond donors (Lipinski definition) is 0. The van der Waals surface area contributed by atoms with E-state index in [-0.39, 0.29) is 23.9 Å². The summed E-state index contributed by atoms with van der Waals surface area (Å²) in [6, 6.07) is 11.6. The molecule has 3 aliphatic rings. The number of hydrogen-bond acceptors (Lipinski definition) is 4. The Morgan fingerprint density at radius 2 is 1.69 bits per heavy atom. The van der Waals surface area contributed by atoms with Gasteiger partial charge in [0.2, 0.25) is 5.91 Å². The minimum atomic E-state index is -0.442. The molecule has 6 heteroatoms. The van der Waals surface area contributed by atoms with Crippen molar-refractivity contribution in [3.05, 3.63) is 58.7 Å². The van der Waals surface area contributed by atoms with E-state index in [0.29, 0.717) is 31.1 Å². The van der Waals surface area contributed by atoms with Crippen LogP contribution in [0.25, 0.3) is 0 Å². The van der Waals surface area contributed by atoms with Gasteiger partial charge in [-0.3, -0.25) is 9.59 Å². The van der Waals surface area contributed by atoms with Crippen molar-refractivity contribution in [3.63, 3.8) is 0 Å². The molecule has 0 aromatic heterocycles. The van der Waals surface area contributed by atoms with E-state index in [9.17, 15) is 9.59 Å². The van der Waals surface area contributed by atoms with Crippen molar-refractivity contribution in [2.45, 2.75) is 70.4 Å². The Balaban J connectivity index is 1.63. The van der Waals surface area contributed by atoms with Crippen LogP contribution in [0.5, 0.6) is 11.5 Å². The Morgan fingerprint density at radius 3 is 2.40 bits per heavy atom. The summed E-state index contributed by atoms with van der Waals surface area (Å²) < 4.78 is 11.8. The first-order valence-electron chi connectivity index (χ1n) is 13.1. The molecule has 2 atom stereocenters. The molecule has 0 spiro atoms. The van der Waals surface area contributed by atoms with E-state index >= 15 is 0 Å². The third kappa shape index (κ3) is 4.17. The maximum Gasteiger partial charge on any atom is 0.254 e. The number of rotatable bonds is 6. The minimum absolute atomic E-state index is 0.00691. The monoisotopic (exact) mass is 476 g/mol. The predicted octanol–water partition coefficient (Wildman–Crippen LogP) is 5.11. The largest absolute Gasteiger partial charge is 0.490 e. The summed E-state index contributed by atoms with van der Waals surface area (Å²) in [5.41, 5.74) is 3.62. The van der Waals surface area contributed by atoms with Crippen LogP contribution in [-0.4, -0.2) is 54.5 Å². The number of benzene rings is 2. The average Bonchev–Trinajstić information content (AvgIpc) is 2.89. The summed E-state index contributed by atoms with van der Waals surface area (Å²) in [5.74, 6) is 1.07. The van der Waals surface area contributed by atoms with Crippen molar-refractivity contribution >= 4 is 11.8 Å². The zero-order valence-corrected chi connectivity index (χ0v) is 21.1. The topological polar surface area (TPSA) is 59.1 Å². The molecule has 2 amide bonds. The molecule has 1 fully saturated rings. The van der Waals surface area contributed by atoms with Gasteiger partial charge in [0.05, 0.1) is 25.2 Å². The number of amides is 2. The summed E-state index contributed by atoms with van der Waals surface area (Å²) in [7, 11) is 1.95. The fourth-order valence-electron chi connectivity index (χ4n) is 6.20. The van der Waals surface area contributed by atoms with Crippen LogP contribution in [0, 0.1) is 0 Å². The number of ether oxygens (including phenoxy) is 2. The van der Waals surface area contributed by atoms with E-state index in [2.05, 4.69) is 6.07 Å². The van der Waals surface area contributed by atoms with Gasteiger partial charge in [0, 0.05) is 25.2 Å². The highest BCUT2D eigenvalue weighted by Gasteiger charge is 2.48. The standard InChI is InChI=1S/C29H36N2O4/c1-4-34-24-17-19-15-16-31-27(23(19)18-25(24)35-5-2)26(21-13-9-10-14-22(21)28(31)32)29(33)30(3)20-11-7-6-8-12-20/h9-10,13-14,17-18,20,26-27H,4-8,11-12,15-16H2,1-3H3. The van der Waals surface area contributed by atoms with E-state index in [1.165, 1.54) is 19.3 Å². The summed E-state index contributed by atoms with van der Waals surface area (Å²) in [4.78, 5) is 31.8. The Kier molecular flexibility index (Phi) is 6.72. The Bertz CT molecular complexity index is 1110. The van der Waals surface area contributed by atoms with E-state index in [4.69, 9.17) is 9.47 Å². The fraction of sp³-hybridized carbons (Fsp3) is 0.517. The Hall–Kier alpha value is -3.02. The van der Waals surface area contributed by atoms with Gasteiger partial charge in [0.15, 0.2) is 11.5 Å². The lowest BCUT2D eigenvalue weighted by Crippen LogP contribution is -2.51. The molecular formula is C29H36N2O4. The molecule has 0 N–H and O–H groups in total. The average molecular weight is 477 g/mol. The highest BCUT2D eigenvalue weighted by Crippen LogP contribution is 2.49. The second-order valence-corrected chi connectivity index (χ2v) is 9.86. The van der Waals surface area contributed by atoms with E-state index in [0.717, 1.165) is 41.7 Å². The maximum absolute atomic E-state index is 14.2.